The van der Waals surface area contributed by atoms with Crippen molar-refractivity contribution in [2.75, 3.05) is 33.0 Å². The largest absolute Gasteiger partial charge is 0.490 e. The average Bonchev–Trinajstić information content (AvgIpc) is 2.59. The summed E-state index contributed by atoms with van der Waals surface area (Å²) in [4.78, 5) is 0. The molecule has 2 rings (SSSR count). The Balaban J connectivity index is 2.04. The lowest BCUT2D eigenvalue weighted by Crippen LogP contribution is -2.10. The molecule has 1 aromatic carbocycles. The van der Waals surface area contributed by atoms with Gasteiger partial charge < -0.3 is 19.9 Å². The summed E-state index contributed by atoms with van der Waals surface area (Å²) >= 11 is 3.55. The third kappa shape index (κ3) is 3.60. The molecule has 4 nitrogen and oxygen atoms in total. The van der Waals surface area contributed by atoms with Crippen LogP contribution in [0.5, 0.6) is 11.5 Å². The molecular formula is C13H18BrNO3. The van der Waals surface area contributed by atoms with E-state index in [1.54, 1.807) is 0 Å². The first-order valence-electron chi connectivity index (χ1n) is 6.17. The highest BCUT2D eigenvalue weighted by atomic mass is 79.9. The fourth-order valence-corrected chi connectivity index (χ4v) is 2.31. The van der Waals surface area contributed by atoms with E-state index in [0.29, 0.717) is 33.0 Å². The van der Waals surface area contributed by atoms with Crippen LogP contribution < -0.4 is 15.2 Å². The molecule has 1 aromatic rings. The molecule has 0 atom stereocenters. The molecule has 1 aliphatic heterocycles. The van der Waals surface area contributed by atoms with Crippen molar-refractivity contribution in [2.24, 2.45) is 5.73 Å². The maximum absolute atomic E-state index is 5.66. The third-order valence-corrected chi connectivity index (χ3v) is 3.43. The molecule has 0 unspecified atom stereocenters. The van der Waals surface area contributed by atoms with E-state index in [1.807, 2.05) is 12.1 Å². The summed E-state index contributed by atoms with van der Waals surface area (Å²) in [5.74, 6) is 1.63. The molecule has 18 heavy (non-hydrogen) atoms. The van der Waals surface area contributed by atoms with Crippen LogP contribution in [-0.4, -0.2) is 33.0 Å². The van der Waals surface area contributed by atoms with Gasteiger partial charge in [-0.25, -0.2) is 0 Å². The molecular weight excluding hydrogens is 298 g/mol. The van der Waals surface area contributed by atoms with Crippen molar-refractivity contribution in [2.45, 2.75) is 12.8 Å². The Morgan fingerprint density at radius 3 is 2.61 bits per heavy atom. The van der Waals surface area contributed by atoms with Gasteiger partial charge in [-0.1, -0.05) is 15.9 Å². The quantitative estimate of drug-likeness (QED) is 0.846. The van der Waals surface area contributed by atoms with Crippen LogP contribution >= 0.6 is 15.9 Å². The Kier molecular flexibility index (Phi) is 5.28. The van der Waals surface area contributed by atoms with Crippen molar-refractivity contribution in [1.29, 1.82) is 0 Å². The molecule has 0 aliphatic carbocycles. The molecule has 1 aliphatic rings. The van der Waals surface area contributed by atoms with Crippen molar-refractivity contribution >= 4 is 15.9 Å². The van der Waals surface area contributed by atoms with Gasteiger partial charge in [-0.3, -0.25) is 0 Å². The normalized spacial score (nSPS) is 14.3. The van der Waals surface area contributed by atoms with Crippen LogP contribution in [0.3, 0.4) is 0 Å². The Hall–Kier alpha value is -0.780. The van der Waals surface area contributed by atoms with Gasteiger partial charge in [0, 0.05) is 17.4 Å². The number of fused-ring (bicyclic) bond motifs is 1. The molecule has 0 amide bonds. The zero-order valence-corrected chi connectivity index (χ0v) is 11.9. The van der Waals surface area contributed by atoms with E-state index in [0.717, 1.165) is 34.4 Å². The molecule has 2 N–H and O–H groups in total. The highest BCUT2D eigenvalue weighted by molar-refractivity contribution is 9.10. The van der Waals surface area contributed by atoms with E-state index >= 15 is 0 Å². The Labute approximate surface area is 116 Å². The summed E-state index contributed by atoms with van der Waals surface area (Å²) in [7, 11) is 0. The second-order valence-electron chi connectivity index (χ2n) is 4.09. The highest BCUT2D eigenvalue weighted by Crippen LogP contribution is 2.35. The van der Waals surface area contributed by atoms with Gasteiger partial charge in [0.15, 0.2) is 11.5 Å². The predicted molar refractivity (Wildman–Crippen MR) is 73.3 cm³/mol. The van der Waals surface area contributed by atoms with Crippen LogP contribution in [0, 0.1) is 0 Å². The van der Waals surface area contributed by atoms with Gasteiger partial charge in [-0.05, 0) is 24.1 Å². The summed E-state index contributed by atoms with van der Waals surface area (Å²) in [5, 5.41) is 0. The maximum atomic E-state index is 5.66. The second kappa shape index (κ2) is 6.97. The molecule has 100 valence electrons. The molecule has 0 radical (unpaired) electrons. The van der Waals surface area contributed by atoms with Crippen LogP contribution in [0.4, 0.5) is 0 Å². The zero-order valence-electron chi connectivity index (χ0n) is 10.3. The molecule has 0 bridgehead atoms. The van der Waals surface area contributed by atoms with Gasteiger partial charge in [0.25, 0.3) is 0 Å². The molecule has 1 heterocycles. The van der Waals surface area contributed by atoms with Crippen LogP contribution in [-0.2, 0) is 11.2 Å². The molecule has 0 saturated heterocycles. The van der Waals surface area contributed by atoms with Crippen molar-refractivity contribution in [3.63, 3.8) is 0 Å². The summed E-state index contributed by atoms with van der Waals surface area (Å²) in [6.45, 7) is 3.23. The van der Waals surface area contributed by atoms with Gasteiger partial charge in [-0.2, -0.15) is 0 Å². The van der Waals surface area contributed by atoms with Gasteiger partial charge in [0.05, 0.1) is 26.4 Å². The van der Waals surface area contributed by atoms with E-state index in [1.165, 1.54) is 0 Å². The number of hydrogen-bond acceptors (Lipinski definition) is 4. The minimum atomic E-state index is 0.558. The summed E-state index contributed by atoms with van der Waals surface area (Å²) < 4.78 is 17.7. The monoisotopic (exact) mass is 315 g/mol. The number of ether oxygens (including phenoxy) is 3. The number of rotatable bonds is 5. The van der Waals surface area contributed by atoms with Crippen molar-refractivity contribution in [3.8, 4) is 11.5 Å². The minimum absolute atomic E-state index is 0.558. The summed E-state index contributed by atoms with van der Waals surface area (Å²) in [6.07, 6.45) is 1.75. The highest BCUT2D eigenvalue weighted by Gasteiger charge is 2.13. The molecule has 5 heteroatoms. The van der Waals surface area contributed by atoms with E-state index in [-0.39, 0.29) is 0 Å². The van der Waals surface area contributed by atoms with Crippen LogP contribution in [0.15, 0.2) is 16.6 Å². The number of nitrogens with two attached hydrogens (primary N) is 1. The SMILES string of the molecule is NCCOCCc1cc2c(cc1Br)OCCCO2. The van der Waals surface area contributed by atoms with Gasteiger partial charge in [-0.15, -0.1) is 0 Å². The Morgan fingerprint density at radius 2 is 1.89 bits per heavy atom. The zero-order chi connectivity index (χ0) is 12.8. The maximum Gasteiger partial charge on any atom is 0.162 e. The number of hydrogen-bond donors (Lipinski definition) is 1. The molecule has 0 aromatic heterocycles. The molecule has 0 saturated carbocycles. The van der Waals surface area contributed by atoms with Crippen molar-refractivity contribution < 1.29 is 14.2 Å². The lowest BCUT2D eigenvalue weighted by atomic mass is 10.1. The van der Waals surface area contributed by atoms with Crippen molar-refractivity contribution in [1.82, 2.24) is 0 Å². The molecule has 0 fully saturated rings. The first kappa shape index (κ1) is 13.6. The van der Waals surface area contributed by atoms with E-state index in [4.69, 9.17) is 19.9 Å². The van der Waals surface area contributed by atoms with Gasteiger partial charge >= 0.3 is 0 Å². The van der Waals surface area contributed by atoms with Crippen molar-refractivity contribution in [3.05, 3.63) is 22.2 Å². The minimum Gasteiger partial charge on any atom is -0.490 e. The van der Waals surface area contributed by atoms with E-state index < -0.39 is 0 Å². The van der Waals surface area contributed by atoms with Crippen LogP contribution in [0.2, 0.25) is 0 Å². The Morgan fingerprint density at radius 1 is 1.17 bits per heavy atom. The van der Waals surface area contributed by atoms with Crippen LogP contribution in [0.1, 0.15) is 12.0 Å². The lowest BCUT2D eigenvalue weighted by molar-refractivity contribution is 0.144. The first-order valence-corrected chi connectivity index (χ1v) is 6.96. The smallest absolute Gasteiger partial charge is 0.162 e. The summed E-state index contributed by atoms with van der Waals surface area (Å²) in [6, 6.07) is 4.00. The fraction of sp³-hybridized carbons (Fsp3) is 0.538. The van der Waals surface area contributed by atoms with E-state index in [2.05, 4.69) is 15.9 Å². The fourth-order valence-electron chi connectivity index (χ4n) is 1.79. The Bertz CT molecular complexity index is 398. The molecule has 0 spiro atoms. The number of halogens is 1. The topological polar surface area (TPSA) is 53.7 Å². The third-order valence-electron chi connectivity index (χ3n) is 2.69. The van der Waals surface area contributed by atoms with Crippen LogP contribution in [0.25, 0.3) is 0 Å². The standard InChI is InChI=1S/C13H18BrNO3/c14-11-9-13-12(17-4-1-5-18-13)8-10(11)2-6-16-7-3-15/h8-9H,1-7,15H2. The van der Waals surface area contributed by atoms with Gasteiger partial charge in [0.1, 0.15) is 0 Å². The average molecular weight is 316 g/mol. The number of benzene rings is 1. The first-order chi connectivity index (χ1) is 8.81. The van der Waals surface area contributed by atoms with Gasteiger partial charge in [0.2, 0.25) is 0 Å². The lowest BCUT2D eigenvalue weighted by Gasteiger charge is -2.11. The predicted octanol–water partition coefficient (Wildman–Crippen LogP) is 2.13. The van der Waals surface area contributed by atoms with E-state index in [9.17, 15) is 0 Å². The second-order valence-corrected chi connectivity index (χ2v) is 4.95. The summed E-state index contributed by atoms with van der Waals surface area (Å²) in [5.41, 5.74) is 6.54.